The highest BCUT2D eigenvalue weighted by atomic mass is 16.5. The zero-order chi connectivity index (χ0) is 21.8. The Morgan fingerprint density at radius 3 is 2.38 bits per heavy atom. The van der Waals surface area contributed by atoms with Gasteiger partial charge in [-0.2, -0.15) is 4.48 Å². The highest BCUT2D eigenvalue weighted by Crippen LogP contribution is 2.44. The molecule has 1 aliphatic carbocycles. The molecule has 0 radical (unpaired) electrons. The van der Waals surface area contributed by atoms with Crippen LogP contribution in [0.2, 0.25) is 0 Å². The zero-order valence-electron chi connectivity index (χ0n) is 17.9. The SMILES string of the molecule is CNC(=O)NC(=O)[N+]1(C(=O)[C@H](CC2CCCC2)CN(O)C=O)CCC(C)(C)[C@H]1C. The average molecular weight is 412 g/mol. The van der Waals surface area contributed by atoms with Gasteiger partial charge in [-0.1, -0.05) is 39.5 Å². The van der Waals surface area contributed by atoms with Gasteiger partial charge in [0.15, 0.2) is 0 Å². The summed E-state index contributed by atoms with van der Waals surface area (Å²) in [6.45, 7) is 6.00. The Balaban J connectivity index is 2.39. The summed E-state index contributed by atoms with van der Waals surface area (Å²) >= 11 is 0. The molecule has 9 nitrogen and oxygen atoms in total. The van der Waals surface area contributed by atoms with Crippen LogP contribution in [0.5, 0.6) is 0 Å². The van der Waals surface area contributed by atoms with E-state index in [2.05, 4.69) is 10.6 Å². The summed E-state index contributed by atoms with van der Waals surface area (Å²) in [5.41, 5.74) is -0.281. The monoisotopic (exact) mass is 411 g/mol. The number of rotatable bonds is 6. The van der Waals surface area contributed by atoms with Gasteiger partial charge in [-0.3, -0.25) is 10.0 Å². The standard InChI is InChI=1S/C20H34N4O5/c1-14-20(2,3)9-10-24(14,19(28)22-18(27)21-4)17(26)16(12-23(29)13-25)11-15-7-5-6-8-15/h13-16,29H,5-12H2,1-4H3,(H-,21,22,27,28)/p+1/t14-,16-,24?/m1/s1. The van der Waals surface area contributed by atoms with Crippen molar-refractivity contribution in [3.05, 3.63) is 0 Å². The Bertz CT molecular complexity index is 647. The molecule has 6 amide bonds. The number of likely N-dealkylation sites (tertiary alicyclic amines) is 1. The van der Waals surface area contributed by atoms with Crippen LogP contribution < -0.4 is 10.6 Å². The predicted octanol–water partition coefficient (Wildman–Crippen LogP) is 2.24. The van der Waals surface area contributed by atoms with E-state index in [1.807, 2.05) is 20.8 Å². The van der Waals surface area contributed by atoms with Crippen LogP contribution in [-0.2, 0) is 9.59 Å². The summed E-state index contributed by atoms with van der Waals surface area (Å²) in [4.78, 5) is 49.9. The molecule has 0 spiro atoms. The van der Waals surface area contributed by atoms with Crippen LogP contribution in [0.4, 0.5) is 9.59 Å². The van der Waals surface area contributed by atoms with Gasteiger partial charge in [0, 0.05) is 18.9 Å². The molecule has 0 aromatic heterocycles. The molecule has 2 fully saturated rings. The number of amides is 6. The van der Waals surface area contributed by atoms with Crippen LogP contribution in [0.3, 0.4) is 0 Å². The van der Waals surface area contributed by atoms with Crippen LogP contribution in [0.15, 0.2) is 0 Å². The lowest BCUT2D eigenvalue weighted by atomic mass is 9.84. The molecule has 3 N–H and O–H groups in total. The van der Waals surface area contributed by atoms with Gasteiger partial charge in [-0.05, 0) is 19.3 Å². The van der Waals surface area contributed by atoms with E-state index in [9.17, 15) is 24.4 Å². The van der Waals surface area contributed by atoms with Crippen molar-refractivity contribution in [3.63, 3.8) is 0 Å². The first-order chi connectivity index (χ1) is 13.6. The van der Waals surface area contributed by atoms with Gasteiger partial charge in [0.1, 0.15) is 6.04 Å². The molecule has 1 heterocycles. The van der Waals surface area contributed by atoms with Crippen molar-refractivity contribution in [1.82, 2.24) is 15.7 Å². The molecule has 3 atom stereocenters. The Morgan fingerprint density at radius 1 is 1.28 bits per heavy atom. The molecule has 2 rings (SSSR count). The second-order valence-corrected chi connectivity index (χ2v) is 9.17. The maximum Gasteiger partial charge on any atom is 0.432 e. The first-order valence-electron chi connectivity index (χ1n) is 10.4. The van der Waals surface area contributed by atoms with Crippen molar-refractivity contribution in [2.45, 2.75) is 65.3 Å². The minimum Gasteiger partial charge on any atom is -0.341 e. The van der Waals surface area contributed by atoms with E-state index in [1.54, 1.807) is 0 Å². The third-order valence-electron chi connectivity index (χ3n) is 7.08. The predicted molar refractivity (Wildman–Crippen MR) is 106 cm³/mol. The number of hydroxylamine groups is 2. The van der Waals surface area contributed by atoms with Crippen LogP contribution in [0.1, 0.15) is 59.3 Å². The van der Waals surface area contributed by atoms with Gasteiger partial charge in [-0.15, -0.1) is 0 Å². The van der Waals surface area contributed by atoms with Crippen molar-refractivity contribution in [1.29, 1.82) is 0 Å². The van der Waals surface area contributed by atoms with E-state index < -0.39 is 22.5 Å². The lowest BCUT2D eigenvalue weighted by Crippen LogP contribution is -2.67. The number of carbonyl (C=O) groups excluding carboxylic acids is 4. The quantitative estimate of drug-likeness (QED) is 0.268. The average Bonchev–Trinajstić information content (AvgIpc) is 3.27. The maximum atomic E-state index is 13.8. The van der Waals surface area contributed by atoms with Crippen molar-refractivity contribution < 1.29 is 28.9 Å². The fraction of sp³-hybridized carbons (Fsp3) is 0.800. The van der Waals surface area contributed by atoms with Crippen LogP contribution in [0.25, 0.3) is 0 Å². The highest BCUT2D eigenvalue weighted by Gasteiger charge is 2.61. The number of nitrogens with zero attached hydrogens (tertiary/aromatic N) is 2. The molecule has 29 heavy (non-hydrogen) atoms. The number of urea groups is 2. The van der Waals surface area contributed by atoms with E-state index in [0.29, 0.717) is 23.8 Å². The molecule has 1 unspecified atom stereocenters. The summed E-state index contributed by atoms with van der Waals surface area (Å²) < 4.78 is -0.496. The first kappa shape index (κ1) is 23.3. The summed E-state index contributed by atoms with van der Waals surface area (Å²) in [7, 11) is 1.41. The molecule has 0 bridgehead atoms. The summed E-state index contributed by atoms with van der Waals surface area (Å²) in [6.07, 6.45) is 5.65. The van der Waals surface area contributed by atoms with Gasteiger partial charge in [0.2, 0.25) is 6.41 Å². The van der Waals surface area contributed by atoms with Gasteiger partial charge < -0.3 is 5.32 Å². The molecule has 1 saturated carbocycles. The van der Waals surface area contributed by atoms with E-state index in [0.717, 1.165) is 25.7 Å². The van der Waals surface area contributed by atoms with Crippen molar-refractivity contribution in [2.75, 3.05) is 20.1 Å². The Kier molecular flexibility index (Phi) is 7.40. The third kappa shape index (κ3) is 4.78. The second-order valence-electron chi connectivity index (χ2n) is 9.17. The summed E-state index contributed by atoms with van der Waals surface area (Å²) in [5.74, 6) is -0.686. The number of nitrogens with one attached hydrogen (secondary N) is 2. The molecule has 1 saturated heterocycles. The van der Waals surface area contributed by atoms with Gasteiger partial charge in [0.25, 0.3) is 0 Å². The lowest BCUT2D eigenvalue weighted by molar-refractivity contribution is -0.791. The van der Waals surface area contributed by atoms with E-state index in [1.165, 1.54) is 7.05 Å². The van der Waals surface area contributed by atoms with Gasteiger partial charge in [-0.25, -0.2) is 24.8 Å². The number of quaternary nitrogens is 1. The highest BCUT2D eigenvalue weighted by molar-refractivity contribution is 5.95. The largest absolute Gasteiger partial charge is 0.432 e. The molecule has 9 heteroatoms. The first-order valence-corrected chi connectivity index (χ1v) is 10.4. The smallest absolute Gasteiger partial charge is 0.341 e. The zero-order valence-corrected chi connectivity index (χ0v) is 17.9. The van der Waals surface area contributed by atoms with Crippen molar-refractivity contribution in [2.24, 2.45) is 17.3 Å². The molecule has 0 aromatic rings. The number of imide groups is 2. The Labute approximate surface area is 172 Å². The van der Waals surface area contributed by atoms with E-state index in [4.69, 9.17) is 0 Å². The van der Waals surface area contributed by atoms with Gasteiger partial charge in [0.05, 0.1) is 19.0 Å². The van der Waals surface area contributed by atoms with E-state index >= 15 is 0 Å². The normalized spacial score (nSPS) is 27.3. The molecule has 1 aliphatic heterocycles. The van der Waals surface area contributed by atoms with E-state index in [-0.39, 0.29) is 36.9 Å². The number of carbonyl (C=O) groups is 4. The molecular weight excluding hydrogens is 376 g/mol. The van der Waals surface area contributed by atoms with Crippen LogP contribution in [-0.4, -0.2) is 65.3 Å². The molecule has 2 aliphatic rings. The molecule has 164 valence electrons. The number of hydrogen-bond donors (Lipinski definition) is 3. The number of hydrogen-bond acceptors (Lipinski definition) is 5. The topological polar surface area (TPSA) is 116 Å². The Hall–Kier alpha value is -2.00. The van der Waals surface area contributed by atoms with Crippen LogP contribution >= 0.6 is 0 Å². The van der Waals surface area contributed by atoms with Crippen molar-refractivity contribution in [3.8, 4) is 0 Å². The fourth-order valence-electron chi connectivity index (χ4n) is 4.90. The summed E-state index contributed by atoms with van der Waals surface area (Å²) in [6, 6.07) is -1.67. The minimum atomic E-state index is -0.680. The maximum absolute atomic E-state index is 13.8. The summed E-state index contributed by atoms with van der Waals surface area (Å²) in [5, 5.41) is 14.9. The van der Waals surface area contributed by atoms with Crippen LogP contribution in [0, 0.1) is 17.3 Å². The minimum absolute atomic E-state index is 0.154. The third-order valence-corrected chi connectivity index (χ3v) is 7.08. The van der Waals surface area contributed by atoms with Gasteiger partial charge >= 0.3 is 18.0 Å². The second kappa shape index (κ2) is 9.21. The molecular formula is C20H35N4O5+. The Morgan fingerprint density at radius 2 is 1.90 bits per heavy atom. The van der Waals surface area contributed by atoms with Crippen molar-refractivity contribution >= 4 is 24.4 Å². The lowest BCUT2D eigenvalue weighted by Gasteiger charge is -2.38. The fourth-order valence-corrected chi connectivity index (χ4v) is 4.90. The molecule has 0 aromatic carbocycles.